The topological polar surface area (TPSA) is 64.3 Å². The Bertz CT molecular complexity index is 507. The van der Waals surface area contributed by atoms with Crippen molar-refractivity contribution in [2.45, 2.75) is 25.1 Å². The molecule has 1 aromatic rings. The molecule has 4 nitrogen and oxygen atoms in total. The lowest BCUT2D eigenvalue weighted by molar-refractivity contribution is -0.139. The van der Waals surface area contributed by atoms with Crippen LogP contribution in [0.2, 0.25) is 0 Å². The van der Waals surface area contributed by atoms with Crippen molar-refractivity contribution in [2.75, 3.05) is 13.2 Å². The second-order valence-electron chi connectivity index (χ2n) is 5.09. The van der Waals surface area contributed by atoms with Crippen LogP contribution in [-0.4, -0.2) is 25.1 Å². The van der Waals surface area contributed by atoms with E-state index in [1.165, 1.54) is 18.2 Å². The predicted molar refractivity (Wildman–Crippen MR) is 77.9 cm³/mol. The van der Waals surface area contributed by atoms with Gasteiger partial charge in [-0.3, -0.25) is 4.79 Å². The normalized spacial score (nSPS) is 15.6. The molecule has 1 aliphatic rings. The maximum atomic E-state index is 12.7. The fourth-order valence-corrected chi connectivity index (χ4v) is 1.94. The highest BCUT2D eigenvalue weighted by Crippen LogP contribution is 2.35. The van der Waals surface area contributed by atoms with E-state index < -0.39 is 24.3 Å². The van der Waals surface area contributed by atoms with Gasteiger partial charge in [0, 0.05) is 12.6 Å². The molecule has 1 aromatic carbocycles. The van der Waals surface area contributed by atoms with Gasteiger partial charge in [0.25, 0.3) is 5.91 Å². The van der Waals surface area contributed by atoms with E-state index in [9.17, 15) is 18.0 Å². The van der Waals surface area contributed by atoms with Crippen molar-refractivity contribution in [1.29, 1.82) is 0 Å². The van der Waals surface area contributed by atoms with E-state index in [-0.39, 0.29) is 24.2 Å². The first kappa shape index (κ1) is 18.6. The van der Waals surface area contributed by atoms with Crippen molar-refractivity contribution in [1.82, 2.24) is 5.32 Å². The van der Waals surface area contributed by atoms with E-state index in [1.807, 2.05) is 0 Å². The highest BCUT2D eigenvalue weighted by molar-refractivity contribution is 5.85. The molecule has 0 saturated heterocycles. The molecule has 1 saturated carbocycles. The predicted octanol–water partition coefficient (Wildman–Crippen LogP) is 2.36. The number of amides is 1. The van der Waals surface area contributed by atoms with E-state index in [4.69, 9.17) is 10.5 Å². The van der Waals surface area contributed by atoms with Crippen molar-refractivity contribution in [3.05, 3.63) is 29.8 Å². The second kappa shape index (κ2) is 7.69. The molecule has 0 heterocycles. The largest absolute Gasteiger partial charge is 0.483 e. The number of hydrogen-bond donors (Lipinski definition) is 2. The number of nitrogens with two attached hydrogens (primary N) is 1. The molecule has 1 amide bonds. The smallest absolute Gasteiger partial charge is 0.419 e. The van der Waals surface area contributed by atoms with Crippen LogP contribution in [0.4, 0.5) is 13.2 Å². The minimum absolute atomic E-state index is 0. The maximum absolute atomic E-state index is 12.7. The van der Waals surface area contributed by atoms with E-state index >= 15 is 0 Å². The molecule has 0 aromatic heterocycles. The lowest BCUT2D eigenvalue weighted by atomic mass is 10.2. The van der Waals surface area contributed by atoms with Gasteiger partial charge in [0.05, 0.1) is 5.56 Å². The van der Waals surface area contributed by atoms with Crippen molar-refractivity contribution < 1.29 is 22.7 Å². The van der Waals surface area contributed by atoms with Crippen LogP contribution in [0.5, 0.6) is 5.75 Å². The Labute approximate surface area is 132 Å². The average Bonchev–Trinajstić information content (AvgIpc) is 3.26. The van der Waals surface area contributed by atoms with E-state index in [1.54, 1.807) is 0 Å². The SMILES string of the molecule is Cl.NC(CNC(=O)COc1ccccc1C(F)(F)F)C1CC1. The average molecular weight is 339 g/mol. The van der Waals surface area contributed by atoms with Crippen LogP contribution in [0, 0.1) is 5.92 Å². The summed E-state index contributed by atoms with van der Waals surface area (Å²) >= 11 is 0. The number of alkyl halides is 3. The second-order valence-corrected chi connectivity index (χ2v) is 5.09. The van der Waals surface area contributed by atoms with Crippen LogP contribution in [0.3, 0.4) is 0 Å². The summed E-state index contributed by atoms with van der Waals surface area (Å²) in [6.07, 6.45) is -2.39. The molecule has 124 valence electrons. The zero-order chi connectivity index (χ0) is 15.5. The first-order chi connectivity index (χ1) is 9.88. The summed E-state index contributed by atoms with van der Waals surface area (Å²) < 4.78 is 43.1. The van der Waals surface area contributed by atoms with Crippen molar-refractivity contribution in [3.63, 3.8) is 0 Å². The molecule has 2 rings (SSSR count). The Balaban J connectivity index is 0.00000242. The van der Waals surface area contributed by atoms with Gasteiger partial charge in [-0.05, 0) is 30.9 Å². The van der Waals surface area contributed by atoms with Crippen LogP contribution in [0.25, 0.3) is 0 Å². The maximum Gasteiger partial charge on any atom is 0.419 e. The third kappa shape index (κ3) is 5.38. The van der Waals surface area contributed by atoms with Gasteiger partial charge in [-0.25, -0.2) is 0 Å². The monoisotopic (exact) mass is 338 g/mol. The molecular formula is C14H18ClF3N2O2. The van der Waals surface area contributed by atoms with Crippen LogP contribution < -0.4 is 15.8 Å². The zero-order valence-corrected chi connectivity index (χ0v) is 12.5. The fraction of sp³-hybridized carbons (Fsp3) is 0.500. The first-order valence-corrected chi connectivity index (χ1v) is 6.69. The molecule has 1 unspecified atom stereocenters. The third-order valence-electron chi connectivity index (χ3n) is 3.31. The highest BCUT2D eigenvalue weighted by atomic mass is 35.5. The van der Waals surface area contributed by atoms with Gasteiger partial charge in [0.15, 0.2) is 6.61 Å². The molecular weight excluding hydrogens is 321 g/mol. The number of carbonyl (C=O) groups is 1. The molecule has 0 radical (unpaired) electrons. The third-order valence-corrected chi connectivity index (χ3v) is 3.31. The Hall–Kier alpha value is -1.47. The lowest BCUT2D eigenvalue weighted by Crippen LogP contribution is -2.40. The van der Waals surface area contributed by atoms with Crippen molar-refractivity contribution >= 4 is 18.3 Å². The van der Waals surface area contributed by atoms with E-state index in [0.717, 1.165) is 18.9 Å². The summed E-state index contributed by atoms with van der Waals surface area (Å²) in [6.45, 7) is -0.155. The molecule has 0 bridgehead atoms. The van der Waals surface area contributed by atoms with Crippen LogP contribution in [0.1, 0.15) is 18.4 Å². The number of benzene rings is 1. The number of ether oxygens (including phenoxy) is 1. The van der Waals surface area contributed by atoms with E-state index in [0.29, 0.717) is 12.5 Å². The summed E-state index contributed by atoms with van der Waals surface area (Å²) in [7, 11) is 0. The number of nitrogens with one attached hydrogen (secondary N) is 1. The molecule has 8 heteroatoms. The number of carbonyl (C=O) groups excluding carboxylic acids is 1. The van der Waals surface area contributed by atoms with Crippen LogP contribution in [0.15, 0.2) is 24.3 Å². The Kier molecular flexibility index (Phi) is 6.49. The molecule has 0 spiro atoms. The van der Waals surface area contributed by atoms with Crippen molar-refractivity contribution in [2.24, 2.45) is 11.7 Å². The van der Waals surface area contributed by atoms with Gasteiger partial charge < -0.3 is 15.8 Å². The molecule has 1 fully saturated rings. The van der Waals surface area contributed by atoms with Gasteiger partial charge in [-0.1, -0.05) is 12.1 Å². The Morgan fingerprint density at radius 2 is 2.00 bits per heavy atom. The lowest BCUT2D eigenvalue weighted by Gasteiger charge is -2.14. The minimum Gasteiger partial charge on any atom is -0.483 e. The number of hydrogen-bond acceptors (Lipinski definition) is 3. The fourth-order valence-electron chi connectivity index (χ4n) is 1.94. The number of halogens is 4. The standard InChI is InChI=1S/C14H17F3N2O2.ClH/c15-14(16,17)10-3-1-2-4-12(10)21-8-13(20)19-7-11(18)9-5-6-9;/h1-4,9,11H,5-8,18H2,(H,19,20);1H. The van der Waals surface area contributed by atoms with Crippen LogP contribution >= 0.6 is 12.4 Å². The summed E-state index contributed by atoms with van der Waals surface area (Å²) in [5.74, 6) is -0.396. The Morgan fingerprint density at radius 1 is 1.36 bits per heavy atom. The van der Waals surface area contributed by atoms with Gasteiger partial charge in [0.1, 0.15) is 5.75 Å². The molecule has 22 heavy (non-hydrogen) atoms. The quantitative estimate of drug-likeness (QED) is 0.837. The summed E-state index contributed by atoms with van der Waals surface area (Å²) in [5, 5.41) is 2.56. The molecule has 3 N–H and O–H groups in total. The van der Waals surface area contributed by atoms with Gasteiger partial charge in [-0.2, -0.15) is 13.2 Å². The first-order valence-electron chi connectivity index (χ1n) is 6.69. The highest BCUT2D eigenvalue weighted by Gasteiger charge is 2.34. The molecule has 0 aliphatic heterocycles. The number of para-hydroxylation sites is 1. The van der Waals surface area contributed by atoms with Crippen molar-refractivity contribution in [3.8, 4) is 5.75 Å². The van der Waals surface area contributed by atoms with Crippen LogP contribution in [-0.2, 0) is 11.0 Å². The zero-order valence-electron chi connectivity index (χ0n) is 11.7. The van der Waals surface area contributed by atoms with E-state index in [2.05, 4.69) is 5.32 Å². The summed E-state index contributed by atoms with van der Waals surface area (Å²) in [4.78, 5) is 11.6. The number of rotatable bonds is 6. The molecule has 1 atom stereocenters. The summed E-state index contributed by atoms with van der Waals surface area (Å²) in [6, 6.07) is 4.69. The summed E-state index contributed by atoms with van der Waals surface area (Å²) in [5.41, 5.74) is 4.92. The minimum atomic E-state index is -4.51. The Morgan fingerprint density at radius 3 is 2.59 bits per heavy atom. The molecule has 1 aliphatic carbocycles. The van der Waals surface area contributed by atoms with Gasteiger partial charge in [0.2, 0.25) is 0 Å². The van der Waals surface area contributed by atoms with Gasteiger partial charge >= 0.3 is 6.18 Å². The van der Waals surface area contributed by atoms with Gasteiger partial charge in [-0.15, -0.1) is 12.4 Å².